The summed E-state index contributed by atoms with van der Waals surface area (Å²) in [5.41, 5.74) is 7.21. The summed E-state index contributed by atoms with van der Waals surface area (Å²) in [5.74, 6) is -0.219. The van der Waals surface area contributed by atoms with Crippen LogP contribution in [0.1, 0.15) is 27.2 Å². The summed E-state index contributed by atoms with van der Waals surface area (Å²) in [6.45, 7) is 1.38. The molecule has 0 radical (unpaired) electrons. The van der Waals surface area contributed by atoms with E-state index in [-0.39, 0.29) is 16.6 Å². The van der Waals surface area contributed by atoms with Crippen LogP contribution in [-0.2, 0) is 6.18 Å². The molecule has 0 aliphatic rings. The number of fused-ring (bicyclic) bond motifs is 1. The maximum Gasteiger partial charge on any atom is 0.431 e. The second-order valence-electron chi connectivity index (χ2n) is 7.22. The van der Waals surface area contributed by atoms with Crippen molar-refractivity contribution < 1.29 is 18.0 Å². The number of aliphatic imine (C=N–C) groups is 1. The molecule has 1 aromatic heterocycles. The van der Waals surface area contributed by atoms with Gasteiger partial charge >= 0.3 is 6.18 Å². The third-order valence-corrected chi connectivity index (χ3v) is 5.04. The van der Waals surface area contributed by atoms with E-state index in [1.54, 1.807) is 36.4 Å². The van der Waals surface area contributed by atoms with Gasteiger partial charge in [-0.05, 0) is 36.8 Å². The highest BCUT2D eigenvalue weighted by Crippen LogP contribution is 2.36. The van der Waals surface area contributed by atoms with E-state index in [2.05, 4.69) is 15.3 Å². The molecule has 0 unspecified atom stereocenters. The lowest BCUT2D eigenvalue weighted by atomic mass is 10.1. The number of carbonyl (C=O) groups is 1. The maximum absolute atomic E-state index is 13.3. The molecule has 0 saturated carbocycles. The quantitative estimate of drug-likeness (QED) is 0.280. The molecule has 1 heterocycles. The molecular formula is C24H19F3N4O. The molecule has 4 rings (SSSR count). The van der Waals surface area contributed by atoms with Crippen molar-refractivity contribution in [2.45, 2.75) is 13.1 Å². The number of amidine groups is 1. The zero-order valence-corrected chi connectivity index (χ0v) is 17.0. The van der Waals surface area contributed by atoms with Gasteiger partial charge < -0.3 is 16.0 Å². The molecule has 0 atom stereocenters. The van der Waals surface area contributed by atoms with E-state index in [0.29, 0.717) is 22.6 Å². The summed E-state index contributed by atoms with van der Waals surface area (Å²) in [7, 11) is 0. The number of H-pyrrole nitrogens is 1. The summed E-state index contributed by atoms with van der Waals surface area (Å²) >= 11 is 0. The second kappa shape index (κ2) is 8.22. The largest absolute Gasteiger partial charge is 0.431 e. The number of aryl methyl sites for hydroxylation is 1. The van der Waals surface area contributed by atoms with E-state index in [0.717, 1.165) is 5.56 Å². The number of aromatic amines is 1. The molecule has 0 fully saturated rings. The van der Waals surface area contributed by atoms with Crippen molar-refractivity contribution in [2.75, 3.05) is 5.32 Å². The van der Waals surface area contributed by atoms with Crippen molar-refractivity contribution in [2.24, 2.45) is 10.7 Å². The summed E-state index contributed by atoms with van der Waals surface area (Å²) in [4.78, 5) is 19.6. The Hall–Kier alpha value is -4.07. The van der Waals surface area contributed by atoms with E-state index in [1.807, 2.05) is 30.3 Å². The van der Waals surface area contributed by atoms with Crippen molar-refractivity contribution >= 4 is 34.0 Å². The fourth-order valence-corrected chi connectivity index (χ4v) is 3.49. The average molecular weight is 436 g/mol. The highest BCUT2D eigenvalue weighted by atomic mass is 19.4. The van der Waals surface area contributed by atoms with E-state index < -0.39 is 17.8 Å². The highest BCUT2D eigenvalue weighted by molar-refractivity contribution is 6.12. The Morgan fingerprint density at radius 3 is 2.44 bits per heavy atom. The van der Waals surface area contributed by atoms with Crippen LogP contribution >= 0.6 is 0 Å². The monoisotopic (exact) mass is 436 g/mol. The lowest BCUT2D eigenvalue weighted by Gasteiger charge is -2.08. The predicted octanol–water partition coefficient (Wildman–Crippen LogP) is 5.78. The SMILES string of the molecule is Cc1c(C(F)(F)F)[nH]c2c(C(=O)Nc3cccc(N=C(N)c4ccccc4)c3)cccc12. The van der Waals surface area contributed by atoms with Gasteiger partial charge in [0, 0.05) is 16.6 Å². The lowest BCUT2D eigenvalue weighted by molar-refractivity contribution is -0.141. The number of nitrogens with two attached hydrogens (primary N) is 1. The number of amides is 1. The van der Waals surface area contributed by atoms with Gasteiger partial charge in [-0.1, -0.05) is 48.5 Å². The van der Waals surface area contributed by atoms with Gasteiger partial charge in [0.15, 0.2) is 0 Å². The molecule has 0 saturated heterocycles. The molecule has 0 aliphatic heterocycles. The summed E-state index contributed by atoms with van der Waals surface area (Å²) in [6, 6.07) is 20.5. The number of aromatic nitrogens is 1. The average Bonchev–Trinajstić information content (AvgIpc) is 3.12. The third kappa shape index (κ3) is 4.20. The first kappa shape index (κ1) is 21.2. The Labute approximate surface area is 181 Å². The minimum Gasteiger partial charge on any atom is -0.383 e. The van der Waals surface area contributed by atoms with Gasteiger partial charge in [0.05, 0.1) is 16.8 Å². The number of nitrogens with zero attached hydrogens (tertiary/aromatic N) is 1. The standard InChI is InChI=1S/C24H19F3N4O/c1-14-18-11-6-12-19(20(18)31-21(14)24(25,26)27)23(32)30-17-10-5-9-16(13-17)29-22(28)15-7-3-2-4-8-15/h2-13,31H,1H3,(H2,28,29)(H,30,32). The first-order chi connectivity index (χ1) is 15.2. The van der Waals surface area contributed by atoms with Crippen LogP contribution in [0.3, 0.4) is 0 Å². The van der Waals surface area contributed by atoms with E-state index >= 15 is 0 Å². The maximum atomic E-state index is 13.3. The van der Waals surface area contributed by atoms with Crippen molar-refractivity contribution in [3.8, 4) is 0 Å². The summed E-state index contributed by atoms with van der Waals surface area (Å²) < 4.78 is 39.9. The van der Waals surface area contributed by atoms with Crippen molar-refractivity contribution in [3.63, 3.8) is 0 Å². The molecule has 32 heavy (non-hydrogen) atoms. The number of hydrogen-bond donors (Lipinski definition) is 3. The number of carbonyl (C=O) groups excluding carboxylic acids is 1. The molecule has 4 N–H and O–H groups in total. The fraction of sp³-hybridized carbons (Fsp3) is 0.0833. The predicted molar refractivity (Wildman–Crippen MR) is 119 cm³/mol. The molecule has 0 aliphatic carbocycles. The van der Waals surface area contributed by atoms with E-state index in [4.69, 9.17) is 5.73 Å². The first-order valence-electron chi connectivity index (χ1n) is 9.73. The molecule has 8 heteroatoms. The Morgan fingerprint density at radius 2 is 1.72 bits per heavy atom. The number of benzene rings is 3. The van der Waals surface area contributed by atoms with Crippen LogP contribution in [0, 0.1) is 6.92 Å². The topological polar surface area (TPSA) is 83.3 Å². The number of rotatable bonds is 4. The van der Waals surface area contributed by atoms with E-state index in [9.17, 15) is 18.0 Å². The molecule has 0 bridgehead atoms. The van der Waals surface area contributed by atoms with Crippen LogP contribution in [-0.4, -0.2) is 16.7 Å². The van der Waals surface area contributed by atoms with E-state index in [1.165, 1.54) is 13.0 Å². The minimum absolute atomic E-state index is 0.0508. The van der Waals surface area contributed by atoms with Crippen molar-refractivity contribution in [3.05, 3.63) is 95.2 Å². The number of hydrogen-bond acceptors (Lipinski definition) is 2. The Kier molecular flexibility index (Phi) is 5.44. The normalized spacial score (nSPS) is 12.2. The van der Waals surface area contributed by atoms with Crippen molar-refractivity contribution in [1.82, 2.24) is 4.98 Å². The van der Waals surface area contributed by atoms with Gasteiger partial charge in [-0.25, -0.2) is 4.99 Å². The van der Waals surface area contributed by atoms with Gasteiger partial charge in [-0.15, -0.1) is 0 Å². The number of anilines is 1. The molecule has 1 amide bonds. The number of para-hydroxylation sites is 1. The van der Waals surface area contributed by atoms with Gasteiger partial charge in [-0.3, -0.25) is 4.79 Å². The Bertz CT molecular complexity index is 1320. The highest BCUT2D eigenvalue weighted by Gasteiger charge is 2.35. The Balaban J connectivity index is 1.63. The third-order valence-electron chi connectivity index (χ3n) is 5.04. The second-order valence-corrected chi connectivity index (χ2v) is 7.22. The first-order valence-corrected chi connectivity index (χ1v) is 9.73. The summed E-state index contributed by atoms with van der Waals surface area (Å²) in [5, 5.41) is 3.07. The number of alkyl halides is 3. The van der Waals surface area contributed by atoms with Gasteiger partial charge in [-0.2, -0.15) is 13.2 Å². The molecule has 3 aromatic carbocycles. The summed E-state index contributed by atoms with van der Waals surface area (Å²) in [6.07, 6.45) is -4.54. The minimum atomic E-state index is -4.54. The number of halogens is 3. The molecule has 0 spiro atoms. The van der Waals surface area contributed by atoms with Crippen molar-refractivity contribution in [1.29, 1.82) is 0 Å². The van der Waals surface area contributed by atoms with Crippen LogP contribution in [0.25, 0.3) is 10.9 Å². The van der Waals surface area contributed by atoms with Gasteiger partial charge in [0.2, 0.25) is 0 Å². The Morgan fingerprint density at radius 1 is 1.00 bits per heavy atom. The lowest BCUT2D eigenvalue weighted by Crippen LogP contribution is -2.13. The zero-order chi connectivity index (χ0) is 22.9. The smallest absolute Gasteiger partial charge is 0.383 e. The number of nitrogens with one attached hydrogen (secondary N) is 2. The molecule has 162 valence electrons. The zero-order valence-electron chi connectivity index (χ0n) is 17.0. The van der Waals surface area contributed by atoms with Crippen LogP contribution < -0.4 is 11.1 Å². The van der Waals surface area contributed by atoms with Gasteiger partial charge in [0.1, 0.15) is 11.5 Å². The van der Waals surface area contributed by atoms with Crippen LogP contribution in [0.5, 0.6) is 0 Å². The van der Waals surface area contributed by atoms with Crippen LogP contribution in [0.15, 0.2) is 77.8 Å². The molecule has 5 nitrogen and oxygen atoms in total. The molecule has 4 aromatic rings. The van der Waals surface area contributed by atoms with Crippen LogP contribution in [0.2, 0.25) is 0 Å². The fourth-order valence-electron chi connectivity index (χ4n) is 3.49. The molecular weight excluding hydrogens is 417 g/mol. The van der Waals surface area contributed by atoms with Gasteiger partial charge in [0.25, 0.3) is 5.91 Å². The van der Waals surface area contributed by atoms with Crippen LogP contribution in [0.4, 0.5) is 24.5 Å².